The molecule has 0 saturated carbocycles. The van der Waals surface area contributed by atoms with Crippen LogP contribution in [0.1, 0.15) is 55.5 Å². The highest BCUT2D eigenvalue weighted by Gasteiger charge is 2.42. The van der Waals surface area contributed by atoms with Crippen molar-refractivity contribution >= 4 is 46.2 Å². The lowest BCUT2D eigenvalue weighted by molar-refractivity contribution is -0.123. The third-order valence-corrected chi connectivity index (χ3v) is 8.21. The zero-order chi connectivity index (χ0) is 31.1. The van der Waals surface area contributed by atoms with Gasteiger partial charge in [-0.05, 0) is 80.2 Å². The first-order valence-electron chi connectivity index (χ1n) is 14.0. The summed E-state index contributed by atoms with van der Waals surface area (Å²) in [7, 11) is 3.24. The topological polar surface area (TPSA) is 80.7 Å². The van der Waals surface area contributed by atoms with Crippen LogP contribution in [-0.2, 0) is 4.79 Å². The second kappa shape index (κ2) is 11.9. The molecule has 2 aromatic carbocycles. The average Bonchev–Trinajstić information content (AvgIpc) is 3.47. The maximum atomic E-state index is 12.8. The number of carbonyl (C=O) groups is 1. The van der Waals surface area contributed by atoms with Gasteiger partial charge in [0.15, 0.2) is 5.11 Å². The largest absolute Gasteiger partial charge is 0.495 e. The van der Waals surface area contributed by atoms with E-state index in [-0.39, 0.29) is 18.0 Å². The van der Waals surface area contributed by atoms with Crippen molar-refractivity contribution in [3.8, 4) is 17.2 Å². The Morgan fingerprint density at radius 1 is 1.02 bits per heavy atom. The van der Waals surface area contributed by atoms with Crippen LogP contribution in [0.5, 0.6) is 11.5 Å². The summed E-state index contributed by atoms with van der Waals surface area (Å²) in [6.07, 6.45) is 1.79. The van der Waals surface area contributed by atoms with Crippen LogP contribution in [0.4, 0.5) is 11.4 Å². The minimum absolute atomic E-state index is 0.103. The van der Waals surface area contributed by atoms with Gasteiger partial charge in [-0.15, -0.1) is 0 Å². The number of hydrogen-bond acceptors (Lipinski definition) is 5. The molecule has 1 amide bonds. The van der Waals surface area contributed by atoms with Gasteiger partial charge in [-0.25, -0.2) is 0 Å². The molecule has 10 heteroatoms. The first-order chi connectivity index (χ1) is 20.4. The van der Waals surface area contributed by atoms with Crippen molar-refractivity contribution in [1.82, 2.24) is 14.9 Å². The number of aryl methyl sites for hydroxylation is 1. The van der Waals surface area contributed by atoms with E-state index in [1.165, 1.54) is 0 Å². The normalized spacial score (nSPS) is 16.7. The molecule has 0 spiro atoms. The van der Waals surface area contributed by atoms with E-state index in [1.807, 2.05) is 75.4 Å². The monoisotopic (exact) mass is 617 g/mol. The Hall–Kier alpha value is -4.08. The van der Waals surface area contributed by atoms with Gasteiger partial charge >= 0.3 is 0 Å². The van der Waals surface area contributed by atoms with Crippen molar-refractivity contribution in [2.45, 2.75) is 46.7 Å². The van der Waals surface area contributed by atoms with Crippen molar-refractivity contribution in [3.63, 3.8) is 0 Å². The number of thiocarbonyl (C=S) groups is 1. The van der Waals surface area contributed by atoms with E-state index in [0.717, 1.165) is 34.0 Å². The van der Waals surface area contributed by atoms with E-state index in [0.29, 0.717) is 27.3 Å². The van der Waals surface area contributed by atoms with Crippen molar-refractivity contribution in [2.75, 3.05) is 24.4 Å². The Morgan fingerprint density at radius 2 is 1.77 bits per heavy atom. The highest BCUT2D eigenvalue weighted by molar-refractivity contribution is 7.80. The number of halogens is 1. The first kappa shape index (κ1) is 30.4. The standard InChI is InChI=1S/C33H36ClN5O3S/c1-19-16-23(20(2)38(19)26-17-21(34)11-14-27(26)41-6)30-29(25-10-8-9-15-35-25)37-32(43)39(30)22-12-13-24(28(18-22)42-7)36-31(40)33(3,4)5/h8-18,29-30H,1-7H3,(H,36,40)(H,37,43)/t29-,30-/m0/s1. The number of aromatic nitrogens is 2. The minimum Gasteiger partial charge on any atom is -0.495 e. The Bertz CT molecular complexity index is 1680. The third kappa shape index (κ3) is 5.79. The molecule has 43 heavy (non-hydrogen) atoms. The van der Waals surface area contributed by atoms with Crippen LogP contribution in [0.25, 0.3) is 5.69 Å². The van der Waals surface area contributed by atoms with Gasteiger partial charge in [0.05, 0.1) is 43.4 Å². The summed E-state index contributed by atoms with van der Waals surface area (Å²) >= 11 is 12.4. The lowest BCUT2D eigenvalue weighted by atomic mass is 9.95. The van der Waals surface area contributed by atoms with Gasteiger partial charge in [0.1, 0.15) is 11.5 Å². The van der Waals surface area contributed by atoms with Gasteiger partial charge < -0.3 is 29.6 Å². The highest BCUT2D eigenvalue weighted by atomic mass is 35.5. The Labute approximate surface area is 263 Å². The van der Waals surface area contributed by atoms with E-state index >= 15 is 0 Å². The van der Waals surface area contributed by atoms with Crippen LogP contribution in [-0.4, -0.2) is 34.8 Å². The molecule has 1 aliphatic rings. The molecule has 5 rings (SSSR count). The number of carbonyl (C=O) groups excluding carboxylic acids is 1. The maximum Gasteiger partial charge on any atom is 0.229 e. The zero-order valence-corrected chi connectivity index (χ0v) is 26.9. The van der Waals surface area contributed by atoms with Crippen LogP contribution in [0.3, 0.4) is 0 Å². The number of nitrogens with one attached hydrogen (secondary N) is 2. The average molecular weight is 618 g/mol. The fourth-order valence-electron chi connectivity index (χ4n) is 5.49. The summed E-state index contributed by atoms with van der Waals surface area (Å²) < 4.78 is 13.6. The smallest absolute Gasteiger partial charge is 0.229 e. The molecule has 3 heterocycles. The van der Waals surface area contributed by atoms with Crippen LogP contribution < -0.4 is 25.0 Å². The lowest BCUT2D eigenvalue weighted by Crippen LogP contribution is -2.30. The number of hydrogen-bond donors (Lipinski definition) is 2. The van der Waals surface area contributed by atoms with Crippen LogP contribution in [0.2, 0.25) is 5.02 Å². The molecule has 2 atom stereocenters. The van der Waals surface area contributed by atoms with E-state index < -0.39 is 5.41 Å². The summed E-state index contributed by atoms with van der Waals surface area (Å²) in [5.41, 5.74) is 5.66. The molecule has 0 aliphatic carbocycles. The second-order valence-electron chi connectivity index (χ2n) is 11.6. The number of amides is 1. The Morgan fingerprint density at radius 3 is 2.42 bits per heavy atom. The van der Waals surface area contributed by atoms with E-state index in [4.69, 9.17) is 38.3 Å². The fraction of sp³-hybridized carbons (Fsp3) is 0.303. The van der Waals surface area contributed by atoms with Gasteiger partial charge in [0, 0.05) is 39.8 Å². The molecular weight excluding hydrogens is 582 g/mol. The molecule has 0 radical (unpaired) electrons. The summed E-state index contributed by atoms with van der Waals surface area (Å²) in [4.78, 5) is 19.5. The number of rotatable bonds is 7. The predicted octanol–water partition coefficient (Wildman–Crippen LogP) is 7.32. The number of methoxy groups -OCH3 is 2. The SMILES string of the molecule is COc1cc(N2C(=S)N[C@@H](c3ccccn3)[C@@H]2c2cc(C)n(-c3cc(Cl)ccc3OC)c2C)ccc1NC(=O)C(C)(C)C. The second-order valence-corrected chi connectivity index (χ2v) is 12.4. The van der Waals surface area contributed by atoms with Gasteiger partial charge in [-0.1, -0.05) is 38.4 Å². The quantitative estimate of drug-likeness (QED) is 0.210. The van der Waals surface area contributed by atoms with Crippen LogP contribution >= 0.6 is 23.8 Å². The molecule has 4 aromatic rings. The molecule has 0 unspecified atom stereocenters. The molecule has 1 saturated heterocycles. The zero-order valence-electron chi connectivity index (χ0n) is 25.4. The predicted molar refractivity (Wildman–Crippen MR) is 176 cm³/mol. The third-order valence-electron chi connectivity index (χ3n) is 7.66. The van der Waals surface area contributed by atoms with E-state index in [9.17, 15) is 4.79 Å². The number of anilines is 2. The molecule has 2 N–H and O–H groups in total. The molecule has 1 aliphatic heterocycles. The number of pyridine rings is 1. The number of nitrogens with zero attached hydrogens (tertiary/aromatic N) is 3. The summed E-state index contributed by atoms with van der Waals surface area (Å²) in [6.45, 7) is 9.76. The van der Waals surface area contributed by atoms with Gasteiger partial charge in [0.2, 0.25) is 5.91 Å². The Balaban J connectivity index is 1.65. The van der Waals surface area contributed by atoms with Crippen molar-refractivity contribution in [1.29, 1.82) is 0 Å². The minimum atomic E-state index is -0.556. The van der Waals surface area contributed by atoms with Crippen LogP contribution in [0.15, 0.2) is 66.9 Å². The molecule has 8 nitrogen and oxygen atoms in total. The van der Waals surface area contributed by atoms with Gasteiger partial charge in [0.25, 0.3) is 0 Å². The molecule has 224 valence electrons. The molecule has 2 aromatic heterocycles. The number of ether oxygens (including phenoxy) is 2. The van der Waals surface area contributed by atoms with Gasteiger partial charge in [-0.2, -0.15) is 0 Å². The fourth-order valence-corrected chi connectivity index (χ4v) is 6.00. The number of benzene rings is 2. The lowest BCUT2D eigenvalue weighted by Gasteiger charge is -2.29. The highest BCUT2D eigenvalue weighted by Crippen LogP contribution is 2.45. The molecular formula is C33H36ClN5O3S. The molecule has 0 bridgehead atoms. The van der Waals surface area contributed by atoms with Crippen molar-refractivity contribution in [3.05, 3.63) is 94.5 Å². The van der Waals surface area contributed by atoms with E-state index in [2.05, 4.69) is 40.0 Å². The van der Waals surface area contributed by atoms with E-state index in [1.54, 1.807) is 20.4 Å². The van der Waals surface area contributed by atoms with Gasteiger partial charge in [-0.3, -0.25) is 9.78 Å². The summed E-state index contributed by atoms with van der Waals surface area (Å²) in [5.74, 6) is 1.15. The first-order valence-corrected chi connectivity index (χ1v) is 14.8. The Kier molecular flexibility index (Phi) is 8.40. The van der Waals surface area contributed by atoms with Crippen molar-refractivity contribution in [2.24, 2.45) is 5.41 Å². The van der Waals surface area contributed by atoms with Crippen molar-refractivity contribution < 1.29 is 14.3 Å². The molecule has 1 fully saturated rings. The summed E-state index contributed by atoms with van der Waals surface area (Å²) in [5, 5.41) is 7.70. The summed E-state index contributed by atoms with van der Waals surface area (Å²) in [6, 6.07) is 18.9. The van der Waals surface area contributed by atoms with Crippen LogP contribution in [0, 0.1) is 19.3 Å². The maximum absolute atomic E-state index is 12.8.